The van der Waals surface area contributed by atoms with E-state index >= 15 is 0 Å². The summed E-state index contributed by atoms with van der Waals surface area (Å²) in [5, 5.41) is 11.2. The van der Waals surface area contributed by atoms with Crippen LogP contribution in [0.1, 0.15) is 32.3 Å². The highest BCUT2D eigenvalue weighted by molar-refractivity contribution is 8.00. The van der Waals surface area contributed by atoms with Gasteiger partial charge in [0.2, 0.25) is 0 Å². The van der Waals surface area contributed by atoms with Gasteiger partial charge < -0.3 is 4.74 Å². The van der Waals surface area contributed by atoms with Crippen LogP contribution in [0.15, 0.2) is 28.1 Å². The Hall–Kier alpha value is -1.89. The molecule has 22 heavy (non-hydrogen) atoms. The van der Waals surface area contributed by atoms with Gasteiger partial charge in [0, 0.05) is 47.0 Å². The Morgan fingerprint density at radius 2 is 2.23 bits per heavy atom. The lowest BCUT2D eigenvalue weighted by Crippen LogP contribution is -2.00. The van der Waals surface area contributed by atoms with Gasteiger partial charge >= 0.3 is 5.97 Å². The molecule has 1 rings (SSSR count). The Kier molecular flexibility index (Phi) is 7.59. The van der Waals surface area contributed by atoms with Crippen molar-refractivity contribution in [3.63, 3.8) is 0 Å². The molecule has 0 aromatic heterocycles. The van der Waals surface area contributed by atoms with E-state index in [1.807, 2.05) is 0 Å². The minimum Gasteiger partial charge on any atom is -0.469 e. The lowest BCUT2D eigenvalue weighted by molar-refractivity contribution is -0.384. The van der Waals surface area contributed by atoms with E-state index in [9.17, 15) is 14.9 Å². The standard InChI is InChI=1S/C15H20N2O4S/c1-11(2)22-14-7-6-13(17(19)20)9-12(14)10-16-8-4-5-15(18)21-3/h6-7,9-11H,4-5,8H2,1-3H3/b16-10+. The number of methoxy groups -OCH3 is 1. The summed E-state index contributed by atoms with van der Waals surface area (Å²) in [5.74, 6) is -0.262. The van der Waals surface area contributed by atoms with Gasteiger partial charge in [-0.3, -0.25) is 19.9 Å². The maximum Gasteiger partial charge on any atom is 0.305 e. The minimum absolute atomic E-state index is 0.0455. The van der Waals surface area contributed by atoms with Gasteiger partial charge in [-0.1, -0.05) is 13.8 Å². The fourth-order valence-electron chi connectivity index (χ4n) is 1.69. The summed E-state index contributed by atoms with van der Waals surface area (Å²) in [6, 6.07) is 4.77. The molecule has 0 fully saturated rings. The Morgan fingerprint density at radius 1 is 1.50 bits per heavy atom. The Morgan fingerprint density at radius 3 is 2.82 bits per heavy atom. The fraction of sp³-hybridized carbons (Fsp3) is 0.467. The van der Waals surface area contributed by atoms with Crippen LogP contribution in [0, 0.1) is 10.1 Å². The summed E-state index contributed by atoms with van der Waals surface area (Å²) < 4.78 is 4.55. The monoisotopic (exact) mass is 324 g/mol. The molecule has 0 amide bonds. The summed E-state index contributed by atoms with van der Waals surface area (Å²) in [5.41, 5.74) is 0.773. The van der Waals surface area contributed by atoms with Crippen molar-refractivity contribution < 1.29 is 14.5 Å². The number of esters is 1. The van der Waals surface area contributed by atoms with Gasteiger partial charge in [0.25, 0.3) is 5.69 Å². The zero-order valence-corrected chi connectivity index (χ0v) is 13.8. The van der Waals surface area contributed by atoms with Crippen molar-refractivity contribution in [3.05, 3.63) is 33.9 Å². The predicted octanol–water partition coefficient (Wildman–Crippen LogP) is 3.47. The first-order valence-electron chi connectivity index (χ1n) is 6.95. The first-order valence-corrected chi connectivity index (χ1v) is 7.83. The second kappa shape index (κ2) is 9.19. The third kappa shape index (κ3) is 6.26. The van der Waals surface area contributed by atoms with Crippen LogP contribution < -0.4 is 0 Å². The average Bonchev–Trinajstić information content (AvgIpc) is 2.47. The van der Waals surface area contributed by atoms with Gasteiger partial charge in [0.1, 0.15) is 0 Å². The van der Waals surface area contributed by atoms with Crippen molar-refractivity contribution in [1.29, 1.82) is 0 Å². The summed E-state index contributed by atoms with van der Waals surface area (Å²) in [7, 11) is 1.35. The zero-order valence-electron chi connectivity index (χ0n) is 12.9. The molecule has 0 unspecified atom stereocenters. The highest BCUT2D eigenvalue weighted by Crippen LogP contribution is 2.28. The van der Waals surface area contributed by atoms with Crippen molar-refractivity contribution in [2.45, 2.75) is 36.8 Å². The molecule has 6 nitrogen and oxygen atoms in total. The predicted molar refractivity (Wildman–Crippen MR) is 87.8 cm³/mol. The number of nitrogens with zero attached hydrogens (tertiary/aromatic N) is 2. The number of aliphatic imine (C=N–C) groups is 1. The van der Waals surface area contributed by atoms with E-state index in [0.717, 1.165) is 10.5 Å². The lowest BCUT2D eigenvalue weighted by Gasteiger charge is -2.08. The number of rotatable bonds is 8. The van der Waals surface area contributed by atoms with E-state index in [2.05, 4.69) is 23.6 Å². The molecule has 0 atom stereocenters. The first kappa shape index (κ1) is 18.2. The molecule has 0 heterocycles. The van der Waals surface area contributed by atoms with Crippen molar-refractivity contribution in [3.8, 4) is 0 Å². The van der Waals surface area contributed by atoms with Crippen LogP contribution in [0.3, 0.4) is 0 Å². The van der Waals surface area contributed by atoms with E-state index in [1.165, 1.54) is 19.2 Å². The SMILES string of the molecule is COC(=O)CCC/N=C/c1cc([N+](=O)[O-])ccc1SC(C)C. The molecule has 120 valence electrons. The Balaban J connectivity index is 2.78. The normalized spacial score (nSPS) is 11.1. The number of hydrogen-bond donors (Lipinski definition) is 0. The summed E-state index contributed by atoms with van der Waals surface area (Å²) in [6.45, 7) is 4.59. The molecular weight excluding hydrogens is 304 g/mol. The van der Waals surface area contributed by atoms with E-state index < -0.39 is 4.92 Å². The number of nitro groups is 1. The van der Waals surface area contributed by atoms with Crippen LogP contribution in [0.2, 0.25) is 0 Å². The van der Waals surface area contributed by atoms with Crippen molar-refractivity contribution in [1.82, 2.24) is 0 Å². The lowest BCUT2D eigenvalue weighted by atomic mass is 10.2. The fourth-order valence-corrected chi connectivity index (χ4v) is 2.59. The van der Waals surface area contributed by atoms with Crippen molar-refractivity contribution >= 4 is 29.6 Å². The number of carbonyl (C=O) groups is 1. The molecule has 0 aliphatic carbocycles. The minimum atomic E-state index is -0.418. The van der Waals surface area contributed by atoms with Gasteiger partial charge in [0.15, 0.2) is 0 Å². The van der Waals surface area contributed by atoms with Crippen molar-refractivity contribution in [2.24, 2.45) is 4.99 Å². The quantitative estimate of drug-likeness (QED) is 0.183. The molecule has 0 N–H and O–H groups in total. The average molecular weight is 324 g/mol. The highest BCUT2D eigenvalue weighted by atomic mass is 32.2. The van der Waals surface area contributed by atoms with Gasteiger partial charge in [0.05, 0.1) is 12.0 Å². The van der Waals surface area contributed by atoms with E-state index in [4.69, 9.17) is 0 Å². The number of non-ortho nitro benzene ring substituents is 1. The zero-order chi connectivity index (χ0) is 16.5. The molecule has 0 radical (unpaired) electrons. The molecule has 0 saturated carbocycles. The van der Waals surface area contributed by atoms with Crippen LogP contribution in [0.5, 0.6) is 0 Å². The third-order valence-electron chi connectivity index (χ3n) is 2.69. The van der Waals surface area contributed by atoms with E-state index in [-0.39, 0.29) is 11.7 Å². The van der Waals surface area contributed by atoms with Gasteiger partial charge in [-0.25, -0.2) is 0 Å². The summed E-state index contributed by atoms with van der Waals surface area (Å²) in [4.78, 5) is 26.6. The number of hydrogen-bond acceptors (Lipinski definition) is 6. The van der Waals surface area contributed by atoms with Gasteiger partial charge in [-0.2, -0.15) is 0 Å². The number of nitro benzene ring substituents is 1. The Bertz CT molecular complexity index is 558. The summed E-state index contributed by atoms with van der Waals surface area (Å²) >= 11 is 1.63. The largest absolute Gasteiger partial charge is 0.469 e. The molecule has 0 bridgehead atoms. The molecule has 0 spiro atoms. The Labute approximate surface area is 134 Å². The first-order chi connectivity index (χ1) is 10.4. The highest BCUT2D eigenvalue weighted by Gasteiger charge is 2.11. The number of carbonyl (C=O) groups excluding carboxylic acids is 1. The van der Waals surface area contributed by atoms with Crippen LogP contribution in [0.4, 0.5) is 5.69 Å². The van der Waals surface area contributed by atoms with Crippen LogP contribution in [-0.4, -0.2) is 36.0 Å². The maximum atomic E-state index is 11.0. The smallest absolute Gasteiger partial charge is 0.305 e. The molecule has 0 saturated heterocycles. The maximum absolute atomic E-state index is 11.0. The molecule has 1 aromatic carbocycles. The molecule has 0 aliphatic rings. The van der Waals surface area contributed by atoms with E-state index in [1.54, 1.807) is 24.0 Å². The topological polar surface area (TPSA) is 81.8 Å². The number of benzene rings is 1. The van der Waals surface area contributed by atoms with Crippen LogP contribution in [0.25, 0.3) is 0 Å². The number of thioether (sulfide) groups is 1. The van der Waals surface area contributed by atoms with Gasteiger partial charge in [-0.15, -0.1) is 11.8 Å². The third-order valence-corrected chi connectivity index (χ3v) is 3.79. The molecule has 1 aromatic rings. The second-order valence-electron chi connectivity index (χ2n) is 4.86. The molecule has 7 heteroatoms. The van der Waals surface area contributed by atoms with E-state index in [0.29, 0.717) is 24.6 Å². The van der Waals surface area contributed by atoms with Gasteiger partial charge in [-0.05, 0) is 12.5 Å². The van der Waals surface area contributed by atoms with Crippen molar-refractivity contribution in [2.75, 3.05) is 13.7 Å². The van der Waals surface area contributed by atoms with Crippen LogP contribution >= 0.6 is 11.8 Å². The molecular formula is C15H20N2O4S. The second-order valence-corrected chi connectivity index (χ2v) is 6.48. The summed E-state index contributed by atoms with van der Waals surface area (Å²) in [6.07, 6.45) is 2.54. The molecule has 0 aliphatic heterocycles. The number of ether oxygens (including phenoxy) is 1. The van der Waals surface area contributed by atoms with Crippen LogP contribution in [-0.2, 0) is 9.53 Å².